The Hall–Kier alpha value is -2.77. The fourth-order valence-corrected chi connectivity index (χ4v) is 3.84. The third-order valence-electron chi connectivity index (χ3n) is 4.75. The van der Waals surface area contributed by atoms with Crippen molar-refractivity contribution < 1.29 is 14.3 Å². The molecule has 0 bridgehead atoms. The summed E-state index contributed by atoms with van der Waals surface area (Å²) in [7, 11) is 1.58. The molecule has 0 unspecified atom stereocenters. The van der Waals surface area contributed by atoms with Gasteiger partial charge in [-0.15, -0.1) is 0 Å². The Morgan fingerprint density at radius 2 is 1.69 bits per heavy atom. The number of hydrogen-bond donors (Lipinski definition) is 2. The molecule has 3 aromatic rings. The topological polar surface area (TPSA) is 59.6 Å². The average molecular weight is 469 g/mol. The Morgan fingerprint density at radius 3 is 2.41 bits per heavy atom. The second-order valence-corrected chi connectivity index (χ2v) is 7.92. The summed E-state index contributed by atoms with van der Waals surface area (Å²) >= 11 is 12.3. The number of aryl methyl sites for hydroxylation is 1. The lowest BCUT2D eigenvalue weighted by Crippen LogP contribution is -2.20. The number of para-hydroxylation sites is 2. The summed E-state index contributed by atoms with van der Waals surface area (Å²) in [5.74, 6) is -0.243. The van der Waals surface area contributed by atoms with Gasteiger partial charge in [0, 0.05) is 18.4 Å². The average Bonchev–Trinajstić information content (AvgIpc) is 2.78. The molecule has 0 saturated heterocycles. The molecule has 3 aromatic carbocycles. The minimum Gasteiger partial charge on any atom is -0.382 e. The maximum Gasteiger partial charge on any atom is 0.250 e. The van der Waals surface area contributed by atoms with Crippen LogP contribution in [0.5, 0.6) is 0 Å². The van der Waals surface area contributed by atoms with E-state index in [-0.39, 0.29) is 12.5 Å². The predicted octanol–water partition coefficient (Wildman–Crippen LogP) is 5.76. The Morgan fingerprint density at radius 1 is 0.969 bits per heavy atom. The molecule has 0 atom stereocenters. The van der Waals surface area contributed by atoms with Gasteiger partial charge < -0.3 is 20.1 Å². The number of ether oxygens (including phenoxy) is 2. The van der Waals surface area contributed by atoms with Crippen LogP contribution >= 0.6 is 23.8 Å². The molecule has 0 aliphatic carbocycles. The van der Waals surface area contributed by atoms with Gasteiger partial charge in [-0.25, -0.2) is 0 Å². The van der Waals surface area contributed by atoms with Crippen molar-refractivity contribution in [2.24, 2.45) is 0 Å². The number of amides is 1. The van der Waals surface area contributed by atoms with Gasteiger partial charge >= 0.3 is 0 Å². The van der Waals surface area contributed by atoms with Crippen LogP contribution in [0.25, 0.3) is 0 Å². The monoisotopic (exact) mass is 468 g/mol. The van der Waals surface area contributed by atoms with Gasteiger partial charge in [-0.1, -0.05) is 60.2 Å². The standard InChI is InChI=1S/C25H25ClN2O3S/c1-17-7-3-4-8-19(17)25(32)20-12-11-18(15-21(20)26)27-22-9-5-6-10-23(22)28-24(29)16-31-14-13-30-2/h3-12,15,27H,13-14,16H2,1-2H3,(H,28,29). The fourth-order valence-electron chi connectivity index (χ4n) is 3.10. The van der Waals surface area contributed by atoms with Gasteiger partial charge in [0.1, 0.15) is 6.61 Å². The second kappa shape index (κ2) is 11.7. The normalized spacial score (nSPS) is 10.6. The van der Waals surface area contributed by atoms with Crippen molar-refractivity contribution in [3.8, 4) is 0 Å². The van der Waals surface area contributed by atoms with Crippen molar-refractivity contribution in [2.75, 3.05) is 37.6 Å². The van der Waals surface area contributed by atoms with Gasteiger partial charge in [-0.2, -0.15) is 0 Å². The molecule has 0 radical (unpaired) electrons. The molecule has 0 saturated carbocycles. The summed E-state index contributed by atoms with van der Waals surface area (Å²) in [4.78, 5) is 12.9. The number of anilines is 3. The van der Waals surface area contributed by atoms with E-state index >= 15 is 0 Å². The highest BCUT2D eigenvalue weighted by molar-refractivity contribution is 7.81. The van der Waals surface area contributed by atoms with E-state index < -0.39 is 0 Å². The van der Waals surface area contributed by atoms with E-state index in [4.69, 9.17) is 33.3 Å². The molecule has 0 spiro atoms. The smallest absolute Gasteiger partial charge is 0.250 e. The van der Waals surface area contributed by atoms with E-state index in [1.807, 2.05) is 73.7 Å². The molecule has 1 amide bonds. The molecular formula is C25H25ClN2O3S. The highest BCUT2D eigenvalue weighted by Gasteiger charge is 2.13. The summed E-state index contributed by atoms with van der Waals surface area (Å²) in [6.07, 6.45) is 0. The van der Waals surface area contributed by atoms with Crippen molar-refractivity contribution >= 4 is 51.7 Å². The van der Waals surface area contributed by atoms with Crippen LogP contribution in [0.3, 0.4) is 0 Å². The molecule has 7 heteroatoms. The highest BCUT2D eigenvalue weighted by atomic mass is 35.5. The molecule has 32 heavy (non-hydrogen) atoms. The number of benzene rings is 3. The van der Waals surface area contributed by atoms with Gasteiger partial charge in [0.05, 0.1) is 34.5 Å². The minimum absolute atomic E-state index is 0.0471. The number of carbonyl (C=O) groups is 1. The van der Waals surface area contributed by atoms with Crippen molar-refractivity contribution in [3.63, 3.8) is 0 Å². The Balaban J connectivity index is 1.72. The summed E-state index contributed by atoms with van der Waals surface area (Å²) in [5.41, 5.74) is 5.06. The van der Waals surface area contributed by atoms with Crippen LogP contribution in [0.4, 0.5) is 17.1 Å². The Bertz CT molecular complexity index is 1100. The molecule has 166 valence electrons. The first kappa shape index (κ1) is 23.9. The van der Waals surface area contributed by atoms with Crippen molar-refractivity contribution in [1.82, 2.24) is 0 Å². The van der Waals surface area contributed by atoms with Crippen molar-refractivity contribution in [3.05, 3.63) is 88.4 Å². The maximum atomic E-state index is 12.2. The lowest BCUT2D eigenvalue weighted by molar-refractivity contribution is -0.121. The van der Waals surface area contributed by atoms with Gasteiger partial charge in [0.2, 0.25) is 5.91 Å². The van der Waals surface area contributed by atoms with E-state index in [0.717, 1.165) is 28.1 Å². The van der Waals surface area contributed by atoms with Crippen molar-refractivity contribution in [1.29, 1.82) is 0 Å². The number of carbonyl (C=O) groups excluding carboxylic acids is 1. The molecule has 0 aromatic heterocycles. The fraction of sp³-hybridized carbons (Fsp3) is 0.200. The SMILES string of the molecule is COCCOCC(=O)Nc1ccccc1Nc1ccc(C(=S)c2ccccc2C)c(Cl)c1. The van der Waals surface area contributed by atoms with Crippen LogP contribution in [0.15, 0.2) is 66.7 Å². The first-order chi connectivity index (χ1) is 15.5. The Kier molecular flexibility index (Phi) is 8.76. The lowest BCUT2D eigenvalue weighted by atomic mass is 10.00. The number of thiocarbonyl (C=S) groups is 1. The van der Waals surface area contributed by atoms with Crippen LogP contribution in [0.1, 0.15) is 16.7 Å². The van der Waals surface area contributed by atoms with Crippen molar-refractivity contribution in [2.45, 2.75) is 6.92 Å². The molecule has 3 rings (SSSR count). The van der Waals surface area contributed by atoms with Crippen LogP contribution in [-0.2, 0) is 14.3 Å². The first-order valence-corrected chi connectivity index (χ1v) is 10.9. The largest absolute Gasteiger partial charge is 0.382 e. The zero-order valence-corrected chi connectivity index (χ0v) is 19.6. The van der Waals surface area contributed by atoms with Crippen LogP contribution < -0.4 is 10.6 Å². The molecule has 0 heterocycles. The van der Waals surface area contributed by atoms with Gasteiger partial charge in [-0.05, 0) is 48.4 Å². The van der Waals surface area contributed by atoms with E-state index in [1.54, 1.807) is 7.11 Å². The molecule has 0 aliphatic rings. The molecule has 0 aliphatic heterocycles. The molecule has 2 N–H and O–H groups in total. The molecule has 0 fully saturated rings. The van der Waals surface area contributed by atoms with E-state index in [1.165, 1.54) is 0 Å². The van der Waals surface area contributed by atoms with E-state index in [9.17, 15) is 4.79 Å². The number of methoxy groups -OCH3 is 1. The maximum absolute atomic E-state index is 12.2. The number of hydrogen-bond acceptors (Lipinski definition) is 5. The number of halogens is 1. The van der Waals surface area contributed by atoms with Gasteiger partial charge in [0.15, 0.2) is 0 Å². The molecular weight excluding hydrogens is 444 g/mol. The lowest BCUT2D eigenvalue weighted by Gasteiger charge is -2.15. The number of rotatable bonds is 10. The summed E-state index contributed by atoms with van der Waals surface area (Å²) in [6, 6.07) is 21.1. The first-order valence-electron chi connectivity index (χ1n) is 10.1. The highest BCUT2D eigenvalue weighted by Crippen LogP contribution is 2.29. The molecule has 5 nitrogen and oxygen atoms in total. The van der Waals surface area contributed by atoms with E-state index in [2.05, 4.69) is 10.6 Å². The van der Waals surface area contributed by atoms with Crippen LogP contribution in [0, 0.1) is 6.92 Å². The number of nitrogens with one attached hydrogen (secondary N) is 2. The second-order valence-electron chi connectivity index (χ2n) is 7.10. The quantitative estimate of drug-likeness (QED) is 0.225. The third-order valence-corrected chi connectivity index (χ3v) is 5.50. The summed E-state index contributed by atoms with van der Waals surface area (Å²) < 4.78 is 10.2. The van der Waals surface area contributed by atoms with Gasteiger partial charge in [-0.3, -0.25) is 4.79 Å². The van der Waals surface area contributed by atoms with Crippen LogP contribution in [-0.4, -0.2) is 37.7 Å². The van der Waals surface area contributed by atoms with Crippen LogP contribution in [0.2, 0.25) is 5.02 Å². The summed E-state index contributed by atoms with van der Waals surface area (Å²) in [6.45, 7) is 2.78. The zero-order chi connectivity index (χ0) is 22.9. The zero-order valence-electron chi connectivity index (χ0n) is 18.0. The van der Waals surface area contributed by atoms with Gasteiger partial charge in [0.25, 0.3) is 0 Å². The summed E-state index contributed by atoms with van der Waals surface area (Å²) in [5, 5.41) is 6.72. The Labute approximate surface area is 198 Å². The van der Waals surface area contributed by atoms with E-state index in [0.29, 0.717) is 28.8 Å². The third kappa shape index (κ3) is 6.37. The predicted molar refractivity (Wildman–Crippen MR) is 134 cm³/mol. The minimum atomic E-state index is -0.243.